The summed E-state index contributed by atoms with van der Waals surface area (Å²) >= 11 is 0. The molecule has 0 saturated carbocycles. The summed E-state index contributed by atoms with van der Waals surface area (Å²) < 4.78 is 19.7. The van der Waals surface area contributed by atoms with E-state index in [2.05, 4.69) is 11.7 Å². The maximum Gasteiger partial charge on any atom is 0.514 e. The molecule has 1 unspecified atom stereocenters. The van der Waals surface area contributed by atoms with Crippen molar-refractivity contribution in [3.05, 3.63) is 11.3 Å². The molecular formula is C18H28O7. The molecule has 1 atom stereocenters. The molecule has 1 rings (SSSR count). The second kappa shape index (κ2) is 11.5. The quantitative estimate of drug-likeness (QED) is 0.317. The molecule has 0 aliphatic carbocycles. The van der Waals surface area contributed by atoms with Gasteiger partial charge in [0.25, 0.3) is 0 Å². The zero-order valence-electron chi connectivity index (χ0n) is 15.3. The van der Waals surface area contributed by atoms with Gasteiger partial charge in [-0.25, -0.2) is 14.4 Å². The van der Waals surface area contributed by atoms with Gasteiger partial charge in [0, 0.05) is 0 Å². The van der Waals surface area contributed by atoms with E-state index in [4.69, 9.17) is 14.2 Å². The first-order valence-electron chi connectivity index (χ1n) is 9.01. The van der Waals surface area contributed by atoms with Gasteiger partial charge in [-0.05, 0) is 26.7 Å². The number of esters is 2. The average Bonchev–Trinajstić information content (AvgIpc) is 2.87. The molecule has 7 nitrogen and oxygen atoms in total. The summed E-state index contributed by atoms with van der Waals surface area (Å²) in [5, 5.41) is 0. The number of rotatable bonds is 11. The zero-order valence-corrected chi connectivity index (χ0v) is 15.3. The highest BCUT2D eigenvalue weighted by molar-refractivity contribution is 6.03. The Morgan fingerprint density at radius 1 is 0.960 bits per heavy atom. The topological polar surface area (TPSA) is 88.1 Å². The largest absolute Gasteiger partial charge is 0.514 e. The molecule has 0 spiro atoms. The Morgan fingerprint density at radius 3 is 2.24 bits per heavy atom. The Kier molecular flexibility index (Phi) is 9.65. The summed E-state index contributed by atoms with van der Waals surface area (Å²) in [4.78, 5) is 35.7. The predicted octanol–water partition coefficient (Wildman–Crippen LogP) is 3.65. The molecule has 142 valence electrons. The first kappa shape index (κ1) is 21.0. The van der Waals surface area contributed by atoms with E-state index >= 15 is 0 Å². The molecule has 0 fully saturated rings. The highest BCUT2D eigenvalue weighted by atomic mass is 16.7. The van der Waals surface area contributed by atoms with Gasteiger partial charge in [-0.3, -0.25) is 0 Å². The van der Waals surface area contributed by atoms with Crippen molar-refractivity contribution >= 4 is 18.1 Å². The monoisotopic (exact) mass is 356 g/mol. The minimum absolute atomic E-state index is 0.0338. The summed E-state index contributed by atoms with van der Waals surface area (Å²) in [7, 11) is 0. The molecule has 0 aromatic rings. The Bertz CT molecular complexity index is 496. The van der Waals surface area contributed by atoms with Crippen LogP contribution in [0.25, 0.3) is 0 Å². The lowest BCUT2D eigenvalue weighted by Gasteiger charge is -2.12. The minimum Gasteiger partial charge on any atom is -0.462 e. The lowest BCUT2D eigenvalue weighted by atomic mass is 10.0. The van der Waals surface area contributed by atoms with Crippen LogP contribution in [0.2, 0.25) is 0 Å². The number of carbonyl (C=O) groups excluding carboxylic acids is 3. The Morgan fingerprint density at radius 2 is 1.60 bits per heavy atom. The van der Waals surface area contributed by atoms with Gasteiger partial charge in [0.15, 0.2) is 0 Å². The van der Waals surface area contributed by atoms with Crippen molar-refractivity contribution in [3.8, 4) is 0 Å². The third kappa shape index (κ3) is 6.76. The fourth-order valence-corrected chi connectivity index (χ4v) is 2.57. The molecule has 0 amide bonds. The number of ether oxygens (including phenoxy) is 4. The highest BCUT2D eigenvalue weighted by Gasteiger charge is 2.41. The van der Waals surface area contributed by atoms with Gasteiger partial charge >= 0.3 is 18.1 Å². The van der Waals surface area contributed by atoms with Gasteiger partial charge in [0.1, 0.15) is 11.7 Å². The predicted molar refractivity (Wildman–Crippen MR) is 89.6 cm³/mol. The van der Waals surface area contributed by atoms with Crippen LogP contribution in [0.3, 0.4) is 0 Å². The van der Waals surface area contributed by atoms with Crippen molar-refractivity contribution in [2.24, 2.45) is 0 Å². The Hall–Kier alpha value is -2.05. The zero-order chi connectivity index (χ0) is 18.7. The van der Waals surface area contributed by atoms with Gasteiger partial charge in [-0.15, -0.1) is 0 Å². The molecule has 0 bridgehead atoms. The van der Waals surface area contributed by atoms with E-state index in [0.29, 0.717) is 6.42 Å². The Balaban J connectivity index is 2.75. The Labute approximate surface area is 148 Å². The second-order valence-corrected chi connectivity index (χ2v) is 5.70. The SMILES string of the molecule is CCCCCCCCC1OC(=O)C(OC(=O)OCC)=C1C(=O)OCC. The van der Waals surface area contributed by atoms with E-state index in [-0.39, 0.29) is 18.8 Å². The molecule has 0 aromatic carbocycles. The number of unbranched alkanes of at least 4 members (excludes halogenated alkanes) is 5. The second-order valence-electron chi connectivity index (χ2n) is 5.70. The normalized spacial score (nSPS) is 16.6. The van der Waals surface area contributed by atoms with Crippen molar-refractivity contribution in [2.45, 2.75) is 71.8 Å². The van der Waals surface area contributed by atoms with Crippen LogP contribution in [0.4, 0.5) is 4.79 Å². The number of carbonyl (C=O) groups is 3. The molecule has 25 heavy (non-hydrogen) atoms. The molecule has 1 aliphatic heterocycles. The van der Waals surface area contributed by atoms with Gasteiger partial charge in [-0.1, -0.05) is 39.0 Å². The van der Waals surface area contributed by atoms with Crippen molar-refractivity contribution in [1.82, 2.24) is 0 Å². The van der Waals surface area contributed by atoms with E-state index in [1.165, 1.54) is 19.3 Å². The molecule has 0 aromatic heterocycles. The summed E-state index contributed by atoms with van der Waals surface area (Å²) in [6.45, 7) is 5.66. The summed E-state index contributed by atoms with van der Waals surface area (Å²) in [5.74, 6) is -1.97. The molecule has 0 N–H and O–H groups in total. The highest BCUT2D eigenvalue weighted by Crippen LogP contribution is 2.29. The third-order valence-corrected chi connectivity index (χ3v) is 3.76. The molecule has 7 heteroatoms. The molecular weight excluding hydrogens is 328 g/mol. The number of cyclic esters (lactones) is 1. The van der Waals surface area contributed by atoms with Crippen LogP contribution in [0.15, 0.2) is 11.3 Å². The van der Waals surface area contributed by atoms with Crippen LogP contribution in [0.5, 0.6) is 0 Å². The van der Waals surface area contributed by atoms with Crippen molar-refractivity contribution in [1.29, 1.82) is 0 Å². The molecule has 1 heterocycles. The first-order chi connectivity index (χ1) is 12.0. The van der Waals surface area contributed by atoms with Crippen LogP contribution in [0, 0.1) is 0 Å². The summed E-state index contributed by atoms with van der Waals surface area (Å²) in [5.41, 5.74) is -0.0338. The maximum atomic E-state index is 12.2. The minimum atomic E-state index is -1.04. The van der Waals surface area contributed by atoms with Gasteiger partial charge < -0.3 is 18.9 Å². The standard InChI is InChI=1S/C18H28O7/c1-4-7-8-9-10-11-12-13-14(16(19)22-5-2)15(17(20)24-13)25-18(21)23-6-3/h13H,4-12H2,1-3H3. The van der Waals surface area contributed by atoms with Crippen molar-refractivity contribution < 1.29 is 33.3 Å². The van der Waals surface area contributed by atoms with E-state index in [1.54, 1.807) is 13.8 Å². The van der Waals surface area contributed by atoms with E-state index in [1.807, 2.05) is 0 Å². The maximum absolute atomic E-state index is 12.2. The van der Waals surface area contributed by atoms with E-state index in [9.17, 15) is 14.4 Å². The van der Waals surface area contributed by atoms with E-state index in [0.717, 1.165) is 19.3 Å². The smallest absolute Gasteiger partial charge is 0.462 e. The van der Waals surface area contributed by atoms with Gasteiger partial charge in [0.2, 0.25) is 5.76 Å². The number of hydrogen-bond donors (Lipinski definition) is 0. The van der Waals surface area contributed by atoms with Crippen LogP contribution in [-0.2, 0) is 28.5 Å². The lowest BCUT2D eigenvalue weighted by molar-refractivity contribution is -0.143. The first-order valence-corrected chi connectivity index (χ1v) is 9.01. The molecule has 1 aliphatic rings. The fourth-order valence-electron chi connectivity index (χ4n) is 2.57. The lowest BCUT2D eigenvalue weighted by Crippen LogP contribution is -2.20. The van der Waals surface area contributed by atoms with Crippen LogP contribution < -0.4 is 0 Å². The van der Waals surface area contributed by atoms with Crippen molar-refractivity contribution in [2.75, 3.05) is 13.2 Å². The molecule has 0 saturated heterocycles. The summed E-state index contributed by atoms with van der Waals surface area (Å²) in [6.07, 6.45) is 5.11. The van der Waals surface area contributed by atoms with Crippen LogP contribution in [0.1, 0.15) is 65.7 Å². The van der Waals surface area contributed by atoms with Crippen LogP contribution in [-0.4, -0.2) is 37.4 Å². The van der Waals surface area contributed by atoms with E-state index < -0.39 is 30.0 Å². The van der Waals surface area contributed by atoms with Gasteiger partial charge in [0.05, 0.1) is 13.2 Å². The fraction of sp³-hybridized carbons (Fsp3) is 0.722. The average molecular weight is 356 g/mol. The number of hydrogen-bond acceptors (Lipinski definition) is 7. The van der Waals surface area contributed by atoms with Crippen LogP contribution >= 0.6 is 0 Å². The van der Waals surface area contributed by atoms with Gasteiger partial charge in [-0.2, -0.15) is 0 Å². The summed E-state index contributed by atoms with van der Waals surface area (Å²) in [6, 6.07) is 0. The third-order valence-electron chi connectivity index (χ3n) is 3.76. The molecule has 0 radical (unpaired) electrons. The van der Waals surface area contributed by atoms with Crippen molar-refractivity contribution in [3.63, 3.8) is 0 Å².